The van der Waals surface area contributed by atoms with Crippen molar-refractivity contribution in [1.82, 2.24) is 9.80 Å². The van der Waals surface area contributed by atoms with Crippen LogP contribution in [0.2, 0.25) is 0 Å². The number of hydrogen-bond acceptors (Lipinski definition) is 4. The van der Waals surface area contributed by atoms with E-state index in [4.69, 9.17) is 0 Å². The van der Waals surface area contributed by atoms with Crippen LogP contribution in [-0.4, -0.2) is 54.5 Å². The fourth-order valence-corrected chi connectivity index (χ4v) is 3.24. The average molecular weight is 292 g/mol. The van der Waals surface area contributed by atoms with Gasteiger partial charge in [-0.25, -0.2) is 0 Å². The molecule has 1 amide bonds. The second-order valence-corrected chi connectivity index (χ2v) is 6.58. The molecule has 0 aromatic heterocycles. The van der Waals surface area contributed by atoms with Crippen molar-refractivity contribution in [3.8, 4) is 0 Å². The van der Waals surface area contributed by atoms with Gasteiger partial charge in [0.2, 0.25) is 0 Å². The third-order valence-electron chi connectivity index (χ3n) is 3.26. The Hall–Kier alpha value is -1.30. The van der Waals surface area contributed by atoms with Crippen molar-refractivity contribution in [2.24, 2.45) is 0 Å². The first kappa shape index (κ1) is 15.1. The molecule has 0 spiro atoms. The number of carbonyl (C=O) groups is 1. The molecule has 1 aliphatic rings. The number of rotatable bonds is 4. The van der Waals surface area contributed by atoms with E-state index in [0.717, 1.165) is 23.9 Å². The van der Waals surface area contributed by atoms with Gasteiger partial charge >= 0.3 is 0 Å². The van der Waals surface area contributed by atoms with Gasteiger partial charge in [-0.15, -0.1) is 0 Å². The maximum atomic E-state index is 12.1. The summed E-state index contributed by atoms with van der Waals surface area (Å²) in [4.78, 5) is 15.1. The third kappa shape index (κ3) is 3.23. The number of carbonyl (C=O) groups excluding carboxylic acids is 1. The zero-order valence-corrected chi connectivity index (χ0v) is 12.7. The van der Waals surface area contributed by atoms with Crippen molar-refractivity contribution in [3.63, 3.8) is 0 Å². The van der Waals surface area contributed by atoms with E-state index in [9.17, 15) is 9.90 Å². The number of likely N-dealkylation sites (N-methyl/N-ethyl adjacent to an activating group) is 1. The second-order valence-electron chi connectivity index (χ2n) is 5.21. The lowest BCUT2D eigenvalue weighted by molar-refractivity contribution is -0.129. The Balaban J connectivity index is 2.20. The maximum absolute atomic E-state index is 12.1. The molecule has 2 rings (SSSR count). The van der Waals surface area contributed by atoms with Gasteiger partial charge in [0.1, 0.15) is 0 Å². The fraction of sp³-hybridized carbons (Fsp3) is 0.400. The van der Waals surface area contributed by atoms with Gasteiger partial charge in [0.25, 0.3) is 5.91 Å². The Morgan fingerprint density at radius 3 is 2.65 bits per heavy atom. The van der Waals surface area contributed by atoms with Gasteiger partial charge in [0.05, 0.1) is 11.4 Å². The highest BCUT2D eigenvalue weighted by atomic mass is 32.2. The van der Waals surface area contributed by atoms with Crippen molar-refractivity contribution in [1.29, 1.82) is 0 Å². The van der Waals surface area contributed by atoms with Crippen molar-refractivity contribution in [3.05, 3.63) is 47.4 Å². The van der Waals surface area contributed by atoms with E-state index >= 15 is 0 Å². The maximum Gasteiger partial charge on any atom is 0.259 e. The van der Waals surface area contributed by atoms with Crippen LogP contribution < -0.4 is 0 Å². The highest BCUT2D eigenvalue weighted by Crippen LogP contribution is 2.43. The molecule has 20 heavy (non-hydrogen) atoms. The smallest absolute Gasteiger partial charge is 0.259 e. The molecule has 1 aromatic carbocycles. The predicted molar refractivity (Wildman–Crippen MR) is 82.2 cm³/mol. The number of thioether (sulfide) groups is 1. The molecule has 0 aliphatic carbocycles. The van der Waals surface area contributed by atoms with Crippen molar-refractivity contribution in [2.75, 3.05) is 33.7 Å². The van der Waals surface area contributed by atoms with E-state index in [2.05, 4.69) is 6.58 Å². The summed E-state index contributed by atoms with van der Waals surface area (Å²) >= 11 is 1.14. The number of nitrogens with zero attached hydrogens (tertiary/aromatic N) is 2. The summed E-state index contributed by atoms with van der Waals surface area (Å²) in [7, 11) is 3.92. The summed E-state index contributed by atoms with van der Waals surface area (Å²) in [5.41, 5.74) is 0.800. The predicted octanol–water partition coefficient (Wildman–Crippen LogP) is 1.48. The lowest BCUT2D eigenvalue weighted by Crippen LogP contribution is -2.49. The summed E-state index contributed by atoms with van der Waals surface area (Å²) in [6.45, 7) is 5.42. The van der Waals surface area contributed by atoms with Crippen LogP contribution in [0.15, 0.2) is 41.8 Å². The van der Waals surface area contributed by atoms with Crippen molar-refractivity contribution >= 4 is 17.7 Å². The molecule has 0 bridgehead atoms. The Bertz CT molecular complexity index is 504. The van der Waals surface area contributed by atoms with Gasteiger partial charge in [-0.3, -0.25) is 4.79 Å². The fourth-order valence-electron chi connectivity index (χ4n) is 2.14. The Kier molecular flexibility index (Phi) is 4.52. The summed E-state index contributed by atoms with van der Waals surface area (Å²) in [5, 5.41) is 10.9. The molecule has 1 saturated heterocycles. The van der Waals surface area contributed by atoms with Crippen LogP contribution in [0, 0.1) is 0 Å². The molecule has 1 aliphatic heterocycles. The summed E-state index contributed by atoms with van der Waals surface area (Å²) in [6.07, 6.45) is 0. The van der Waals surface area contributed by atoms with Crippen LogP contribution in [0.25, 0.3) is 0 Å². The molecule has 0 saturated carbocycles. The van der Waals surface area contributed by atoms with Gasteiger partial charge in [0, 0.05) is 13.1 Å². The first-order valence-electron chi connectivity index (χ1n) is 6.52. The molecule has 0 radical (unpaired) electrons. The van der Waals surface area contributed by atoms with E-state index in [-0.39, 0.29) is 12.5 Å². The largest absolute Gasteiger partial charge is 0.373 e. The number of amides is 1. The quantitative estimate of drug-likeness (QED) is 0.854. The lowest BCUT2D eigenvalue weighted by Gasteiger charge is -2.39. The zero-order valence-electron chi connectivity index (χ0n) is 11.9. The van der Waals surface area contributed by atoms with E-state index in [1.165, 1.54) is 0 Å². The molecule has 1 heterocycles. The Morgan fingerprint density at radius 1 is 1.40 bits per heavy atom. The van der Waals surface area contributed by atoms with E-state index in [1.54, 1.807) is 4.90 Å². The van der Waals surface area contributed by atoms with E-state index in [0.29, 0.717) is 11.4 Å². The molecule has 5 heteroatoms. The van der Waals surface area contributed by atoms with Crippen LogP contribution >= 0.6 is 11.8 Å². The Labute approximate surface area is 124 Å². The first-order valence-corrected chi connectivity index (χ1v) is 7.34. The molecule has 1 atom stereocenters. The first-order chi connectivity index (χ1) is 9.42. The molecule has 1 N–H and O–H groups in total. The minimum absolute atomic E-state index is 0.0857. The van der Waals surface area contributed by atoms with Gasteiger partial charge in [-0.05, 0) is 19.7 Å². The van der Waals surface area contributed by atoms with E-state index < -0.39 is 4.93 Å². The van der Waals surface area contributed by atoms with Crippen molar-refractivity contribution < 1.29 is 9.90 Å². The number of aliphatic hydroxyl groups is 1. The monoisotopic (exact) mass is 292 g/mol. The number of benzene rings is 1. The van der Waals surface area contributed by atoms with Gasteiger partial charge in [-0.1, -0.05) is 48.7 Å². The topological polar surface area (TPSA) is 43.8 Å². The van der Waals surface area contributed by atoms with Crippen LogP contribution in [-0.2, 0) is 9.73 Å². The van der Waals surface area contributed by atoms with Crippen LogP contribution in [0.5, 0.6) is 0 Å². The van der Waals surface area contributed by atoms with Crippen LogP contribution in [0.3, 0.4) is 0 Å². The highest BCUT2D eigenvalue weighted by Gasteiger charge is 2.41. The lowest BCUT2D eigenvalue weighted by atomic mass is 10.1. The average Bonchev–Trinajstić information content (AvgIpc) is 2.42. The minimum Gasteiger partial charge on any atom is -0.373 e. The van der Waals surface area contributed by atoms with Crippen molar-refractivity contribution in [2.45, 2.75) is 4.93 Å². The summed E-state index contributed by atoms with van der Waals surface area (Å²) < 4.78 is 0. The molecular formula is C15H20N2O2S. The Morgan fingerprint density at radius 2 is 2.05 bits per heavy atom. The minimum atomic E-state index is -1.11. The number of β-amino-alcohol motifs (C(OH)–C–C–N with tert-alkyl or cyclic N) is 1. The van der Waals surface area contributed by atoms with Crippen LogP contribution in [0.1, 0.15) is 5.56 Å². The molecule has 108 valence electrons. The normalized spacial score (nSPS) is 23.5. The second kappa shape index (κ2) is 5.99. The molecule has 4 nitrogen and oxygen atoms in total. The SMILES string of the molecule is C=C1SC(O)(c2ccccc2)CN(CCN(C)C)C1=O. The number of hydrogen-bond donors (Lipinski definition) is 1. The van der Waals surface area contributed by atoms with Gasteiger partial charge < -0.3 is 14.9 Å². The molecular weight excluding hydrogens is 272 g/mol. The molecule has 1 aromatic rings. The van der Waals surface area contributed by atoms with Gasteiger partial charge in [0.15, 0.2) is 4.93 Å². The highest BCUT2D eigenvalue weighted by molar-refractivity contribution is 8.04. The molecule has 1 fully saturated rings. The zero-order chi connectivity index (χ0) is 14.8. The van der Waals surface area contributed by atoms with E-state index in [1.807, 2.05) is 49.3 Å². The summed E-state index contributed by atoms with van der Waals surface area (Å²) in [6, 6.07) is 9.43. The standard InChI is InChI=1S/C15H20N2O2S/c1-12-14(18)17(10-9-16(2)3)11-15(19,20-12)13-7-5-4-6-8-13/h4-8,19H,1,9-11H2,2-3H3. The third-order valence-corrected chi connectivity index (χ3v) is 4.39. The molecule has 1 unspecified atom stereocenters. The van der Waals surface area contributed by atoms with Crippen LogP contribution in [0.4, 0.5) is 0 Å². The van der Waals surface area contributed by atoms with Gasteiger partial charge in [-0.2, -0.15) is 0 Å². The summed E-state index contributed by atoms with van der Waals surface area (Å²) in [5.74, 6) is -0.0857.